The molecule has 1 atom stereocenters. The molecule has 0 saturated heterocycles. The molecule has 2 aromatic rings. The number of amides is 2. The topological polar surface area (TPSA) is 72.4 Å². The molecule has 2 amide bonds. The minimum absolute atomic E-state index is 0.0226. The van der Waals surface area contributed by atoms with Crippen LogP contribution in [-0.4, -0.2) is 49.6 Å². The second-order valence-electron chi connectivity index (χ2n) is 7.65. The first-order valence-corrected chi connectivity index (χ1v) is 10.1. The number of oxime groups is 1. The molecule has 3 rings (SSSR count). The predicted octanol–water partition coefficient (Wildman–Crippen LogP) is 3.96. The number of hydrogen-bond donors (Lipinski definition) is 1. The van der Waals surface area contributed by atoms with Gasteiger partial charge in [-0.05, 0) is 49.7 Å². The van der Waals surface area contributed by atoms with Gasteiger partial charge in [0.15, 0.2) is 17.6 Å². The lowest BCUT2D eigenvalue weighted by atomic mass is 10.0. The first kappa shape index (κ1) is 22.4. The first-order valence-electron chi connectivity index (χ1n) is 10.1. The van der Waals surface area contributed by atoms with Crippen molar-refractivity contribution in [3.8, 4) is 11.5 Å². The van der Waals surface area contributed by atoms with E-state index in [9.17, 15) is 9.18 Å². The molecule has 0 bridgehead atoms. The van der Waals surface area contributed by atoms with Crippen molar-refractivity contribution in [1.29, 1.82) is 0 Å². The molecule has 0 spiro atoms. The van der Waals surface area contributed by atoms with E-state index in [2.05, 4.69) is 10.5 Å². The van der Waals surface area contributed by atoms with Gasteiger partial charge in [0.1, 0.15) is 5.82 Å². The van der Waals surface area contributed by atoms with Gasteiger partial charge in [0.2, 0.25) is 0 Å². The van der Waals surface area contributed by atoms with E-state index in [1.165, 1.54) is 12.1 Å². The van der Waals surface area contributed by atoms with E-state index >= 15 is 0 Å². The zero-order valence-corrected chi connectivity index (χ0v) is 18.2. The molecule has 7 nitrogen and oxygen atoms in total. The van der Waals surface area contributed by atoms with Crippen molar-refractivity contribution in [1.82, 2.24) is 10.2 Å². The smallest absolute Gasteiger partial charge is 0.318 e. The van der Waals surface area contributed by atoms with Gasteiger partial charge in [-0.1, -0.05) is 17.3 Å². The number of ether oxygens (including phenoxy) is 2. The van der Waals surface area contributed by atoms with Crippen LogP contribution in [0.5, 0.6) is 11.5 Å². The summed E-state index contributed by atoms with van der Waals surface area (Å²) in [6.45, 7) is 4.36. The number of benzene rings is 2. The molecule has 0 aliphatic carbocycles. The Kier molecular flexibility index (Phi) is 7.33. The lowest BCUT2D eigenvalue weighted by molar-refractivity contribution is 0.0586. The van der Waals surface area contributed by atoms with E-state index in [1.54, 1.807) is 31.3 Å². The standard InChI is InChI=1S/C23H28FN3O4/c1-15(2)25-23(28)27(13-16-6-5-7-18(24)10-16)14-19-12-20(26-31-19)17-8-9-21(29-3)22(11-17)30-4/h5-11,15,19H,12-14H2,1-4H3,(H,25,28)/t19-/m1/s1. The Bertz CT molecular complexity index is 948. The quantitative estimate of drug-likeness (QED) is 0.690. The van der Waals surface area contributed by atoms with Crippen LogP contribution in [-0.2, 0) is 11.4 Å². The van der Waals surface area contributed by atoms with Crippen LogP contribution in [0.3, 0.4) is 0 Å². The summed E-state index contributed by atoms with van der Waals surface area (Å²) in [4.78, 5) is 20.0. The summed E-state index contributed by atoms with van der Waals surface area (Å²) in [5, 5.41) is 7.11. The average Bonchev–Trinajstić information content (AvgIpc) is 3.21. The third-order valence-corrected chi connectivity index (χ3v) is 4.84. The molecule has 1 aliphatic rings. The van der Waals surface area contributed by atoms with E-state index < -0.39 is 0 Å². The highest BCUT2D eigenvalue weighted by atomic mass is 19.1. The fourth-order valence-corrected chi connectivity index (χ4v) is 3.37. The summed E-state index contributed by atoms with van der Waals surface area (Å²) in [5.74, 6) is 0.905. The van der Waals surface area contributed by atoms with E-state index in [1.807, 2.05) is 32.0 Å². The van der Waals surface area contributed by atoms with Gasteiger partial charge < -0.3 is 24.5 Å². The van der Waals surface area contributed by atoms with Crippen LogP contribution >= 0.6 is 0 Å². The summed E-state index contributed by atoms with van der Waals surface area (Å²) < 4.78 is 24.2. The van der Waals surface area contributed by atoms with Gasteiger partial charge >= 0.3 is 6.03 Å². The zero-order valence-electron chi connectivity index (χ0n) is 18.2. The molecule has 0 unspecified atom stereocenters. The molecule has 0 fully saturated rings. The molecule has 0 saturated carbocycles. The zero-order chi connectivity index (χ0) is 22.4. The minimum atomic E-state index is -0.335. The normalized spacial score (nSPS) is 15.3. The number of hydrogen-bond acceptors (Lipinski definition) is 5. The third kappa shape index (κ3) is 5.87. The number of urea groups is 1. The highest BCUT2D eigenvalue weighted by Crippen LogP contribution is 2.29. The van der Waals surface area contributed by atoms with Crippen LogP contribution in [0.2, 0.25) is 0 Å². The van der Waals surface area contributed by atoms with E-state index in [0.29, 0.717) is 30.0 Å². The van der Waals surface area contributed by atoms with Gasteiger partial charge in [0.25, 0.3) is 0 Å². The summed E-state index contributed by atoms with van der Waals surface area (Å²) in [6.07, 6.45) is 0.221. The molecule has 1 aliphatic heterocycles. The summed E-state index contributed by atoms with van der Waals surface area (Å²) in [6, 6.07) is 11.5. The van der Waals surface area contributed by atoms with Crippen molar-refractivity contribution in [3.05, 3.63) is 59.4 Å². The average molecular weight is 429 g/mol. The van der Waals surface area contributed by atoms with E-state index in [0.717, 1.165) is 11.3 Å². The minimum Gasteiger partial charge on any atom is -0.493 e. The van der Waals surface area contributed by atoms with E-state index in [4.69, 9.17) is 14.3 Å². The Morgan fingerprint density at radius 3 is 2.68 bits per heavy atom. The molecule has 0 radical (unpaired) electrons. The number of rotatable bonds is 8. The van der Waals surface area contributed by atoms with Crippen LogP contribution < -0.4 is 14.8 Å². The Balaban J connectivity index is 1.70. The van der Waals surface area contributed by atoms with Crippen LogP contribution in [0.15, 0.2) is 47.6 Å². The molecule has 8 heteroatoms. The summed E-state index contributed by atoms with van der Waals surface area (Å²) >= 11 is 0. The van der Waals surface area contributed by atoms with Gasteiger partial charge in [-0.3, -0.25) is 0 Å². The monoisotopic (exact) mass is 429 g/mol. The van der Waals surface area contributed by atoms with Crippen LogP contribution in [0.4, 0.5) is 9.18 Å². The highest BCUT2D eigenvalue weighted by Gasteiger charge is 2.27. The Morgan fingerprint density at radius 1 is 1.23 bits per heavy atom. The van der Waals surface area contributed by atoms with Crippen molar-refractivity contribution in [2.24, 2.45) is 5.16 Å². The van der Waals surface area contributed by atoms with Gasteiger partial charge in [0, 0.05) is 24.6 Å². The van der Waals surface area contributed by atoms with Gasteiger partial charge in [-0.2, -0.15) is 0 Å². The highest BCUT2D eigenvalue weighted by molar-refractivity contribution is 6.01. The molecule has 0 aromatic heterocycles. The summed E-state index contributed by atoms with van der Waals surface area (Å²) in [7, 11) is 3.16. The Labute approximate surface area is 181 Å². The summed E-state index contributed by atoms with van der Waals surface area (Å²) in [5.41, 5.74) is 2.34. The van der Waals surface area contributed by atoms with E-state index in [-0.39, 0.29) is 30.5 Å². The molecule has 1 heterocycles. The largest absolute Gasteiger partial charge is 0.493 e. The second kappa shape index (κ2) is 10.1. The Morgan fingerprint density at radius 2 is 2.00 bits per heavy atom. The van der Waals surface area contributed by atoms with Crippen LogP contribution in [0, 0.1) is 5.82 Å². The molecule has 31 heavy (non-hydrogen) atoms. The van der Waals surface area contributed by atoms with Crippen LogP contribution in [0.1, 0.15) is 31.4 Å². The fourth-order valence-electron chi connectivity index (χ4n) is 3.37. The number of nitrogens with one attached hydrogen (secondary N) is 1. The maximum Gasteiger partial charge on any atom is 0.318 e. The molecule has 166 valence electrons. The molecular formula is C23H28FN3O4. The maximum absolute atomic E-state index is 13.6. The number of carbonyl (C=O) groups excluding carboxylic acids is 1. The lowest BCUT2D eigenvalue weighted by Crippen LogP contribution is -2.45. The SMILES string of the molecule is COc1ccc(C2=NO[C@@H](CN(Cc3cccc(F)c3)C(=O)NC(C)C)C2)cc1OC. The van der Waals surface area contributed by atoms with Gasteiger partial charge in [-0.15, -0.1) is 0 Å². The molecular weight excluding hydrogens is 401 g/mol. The van der Waals surface area contributed by atoms with Crippen LogP contribution in [0.25, 0.3) is 0 Å². The van der Waals surface area contributed by atoms with Crippen molar-refractivity contribution >= 4 is 11.7 Å². The molecule has 2 aromatic carbocycles. The lowest BCUT2D eigenvalue weighted by Gasteiger charge is -2.26. The molecule has 1 N–H and O–H groups in total. The fraction of sp³-hybridized carbons (Fsp3) is 0.391. The maximum atomic E-state index is 13.6. The predicted molar refractivity (Wildman–Crippen MR) is 116 cm³/mol. The number of methoxy groups -OCH3 is 2. The number of carbonyl (C=O) groups is 1. The third-order valence-electron chi connectivity index (χ3n) is 4.84. The van der Waals surface area contributed by atoms with Crippen molar-refractivity contribution in [2.75, 3.05) is 20.8 Å². The van der Waals surface area contributed by atoms with Gasteiger partial charge in [0.05, 0.1) is 26.5 Å². The Hall–Kier alpha value is -3.29. The number of halogens is 1. The number of nitrogens with zero attached hydrogens (tertiary/aromatic N) is 2. The van der Waals surface area contributed by atoms with Gasteiger partial charge in [-0.25, -0.2) is 9.18 Å². The van der Waals surface area contributed by atoms with Crippen molar-refractivity contribution in [3.63, 3.8) is 0 Å². The van der Waals surface area contributed by atoms with Crippen molar-refractivity contribution in [2.45, 2.75) is 39.0 Å². The second-order valence-corrected chi connectivity index (χ2v) is 7.65. The first-order chi connectivity index (χ1) is 14.9. The van der Waals surface area contributed by atoms with Crippen molar-refractivity contribution < 1.29 is 23.5 Å².